The van der Waals surface area contributed by atoms with Crippen LogP contribution in [0.3, 0.4) is 0 Å². The lowest BCUT2D eigenvalue weighted by atomic mass is 10.0. The summed E-state index contributed by atoms with van der Waals surface area (Å²) in [5.41, 5.74) is 1.40. The molecule has 0 saturated carbocycles. The van der Waals surface area contributed by atoms with Crippen LogP contribution in [0.5, 0.6) is 0 Å². The molecule has 2 rings (SSSR count). The first-order valence-electron chi connectivity index (χ1n) is 7.19. The Kier molecular flexibility index (Phi) is 5.73. The summed E-state index contributed by atoms with van der Waals surface area (Å²) in [5, 5.41) is 0.245. The number of ether oxygens (including phenoxy) is 3. The fraction of sp³-hybridized carbons (Fsp3) is 0.467. The van der Waals surface area contributed by atoms with E-state index >= 15 is 0 Å². The van der Waals surface area contributed by atoms with Gasteiger partial charge >= 0.3 is 11.9 Å². The summed E-state index contributed by atoms with van der Waals surface area (Å²) < 4.78 is 15.4. The molecular weight excluding hydrogens is 366 g/mol. The zero-order valence-corrected chi connectivity index (χ0v) is 16.0. The minimum Gasteiger partial charge on any atom is -0.468 e. The number of hydrogen-bond acceptors (Lipinski definition) is 9. The van der Waals surface area contributed by atoms with E-state index in [4.69, 9.17) is 26.4 Å². The lowest BCUT2D eigenvalue weighted by Crippen LogP contribution is -2.55. The summed E-state index contributed by atoms with van der Waals surface area (Å²) in [5.74, 6) is -2.72. The number of hydrogen-bond donors (Lipinski definition) is 0. The Morgan fingerprint density at radius 3 is 2.32 bits per heavy atom. The van der Waals surface area contributed by atoms with Gasteiger partial charge in [0.05, 0.1) is 14.2 Å². The molecule has 0 aromatic carbocycles. The van der Waals surface area contributed by atoms with Crippen molar-refractivity contribution in [1.29, 1.82) is 0 Å². The molecule has 0 amide bonds. The second kappa shape index (κ2) is 7.44. The monoisotopic (exact) mass is 383 g/mol. The summed E-state index contributed by atoms with van der Waals surface area (Å²) in [6, 6.07) is 1.78. The number of carbonyl (C=O) groups excluding carboxylic acids is 2. The average Bonchev–Trinajstić information content (AvgIpc) is 2.51. The second-order valence-electron chi connectivity index (χ2n) is 5.22. The number of aryl methyl sites for hydroxylation is 2. The standard InChI is InChI=1S/C15H17N3O5S2/c1-7-6-8(2)17-14(16-7)25-15(13(20)22-5)10(12(19)21-4)11(24)18-9(3)23-15/h6,10H,1-5H3. The van der Waals surface area contributed by atoms with Crippen molar-refractivity contribution in [2.75, 3.05) is 14.2 Å². The molecule has 0 fully saturated rings. The normalized spacial score (nSPS) is 22.7. The van der Waals surface area contributed by atoms with Crippen LogP contribution in [-0.2, 0) is 23.8 Å². The molecule has 25 heavy (non-hydrogen) atoms. The molecule has 0 radical (unpaired) electrons. The van der Waals surface area contributed by atoms with Crippen LogP contribution in [0.2, 0.25) is 0 Å². The molecule has 2 unspecified atom stereocenters. The molecule has 1 aliphatic heterocycles. The lowest BCUT2D eigenvalue weighted by molar-refractivity contribution is -0.162. The van der Waals surface area contributed by atoms with Crippen LogP contribution in [0.1, 0.15) is 18.3 Å². The van der Waals surface area contributed by atoms with Crippen LogP contribution in [0.4, 0.5) is 0 Å². The Bertz CT molecular complexity index is 747. The Balaban J connectivity index is 2.61. The molecule has 0 aliphatic carbocycles. The summed E-state index contributed by atoms with van der Waals surface area (Å²) in [6.07, 6.45) is 0. The third-order valence-corrected chi connectivity index (χ3v) is 4.79. The summed E-state index contributed by atoms with van der Waals surface area (Å²) >= 11 is 6.04. The van der Waals surface area contributed by atoms with E-state index in [9.17, 15) is 9.59 Å². The van der Waals surface area contributed by atoms with Crippen molar-refractivity contribution in [3.63, 3.8) is 0 Å². The van der Waals surface area contributed by atoms with E-state index in [0.717, 1.165) is 11.8 Å². The Morgan fingerprint density at radius 2 is 1.80 bits per heavy atom. The largest absolute Gasteiger partial charge is 0.468 e. The van der Waals surface area contributed by atoms with Crippen molar-refractivity contribution in [3.05, 3.63) is 17.5 Å². The highest BCUT2D eigenvalue weighted by Crippen LogP contribution is 2.43. The van der Waals surface area contributed by atoms with Crippen LogP contribution in [0.25, 0.3) is 0 Å². The molecule has 1 aliphatic rings. The highest BCUT2D eigenvalue weighted by atomic mass is 32.2. The first-order chi connectivity index (χ1) is 11.7. The summed E-state index contributed by atoms with van der Waals surface area (Å²) in [7, 11) is 2.38. The molecule has 0 spiro atoms. The maximum atomic E-state index is 12.6. The number of thioether (sulfide) groups is 1. The van der Waals surface area contributed by atoms with Gasteiger partial charge in [0.1, 0.15) is 4.99 Å². The minimum atomic E-state index is -1.86. The zero-order chi connectivity index (χ0) is 18.8. The van der Waals surface area contributed by atoms with Gasteiger partial charge in [-0.3, -0.25) is 4.79 Å². The predicted molar refractivity (Wildman–Crippen MR) is 94.4 cm³/mol. The van der Waals surface area contributed by atoms with Gasteiger partial charge in [0.15, 0.2) is 17.0 Å². The molecule has 2 heterocycles. The Labute approximate surface area is 154 Å². The van der Waals surface area contributed by atoms with E-state index in [1.807, 2.05) is 0 Å². The van der Waals surface area contributed by atoms with E-state index in [-0.39, 0.29) is 16.0 Å². The molecule has 1 aromatic heterocycles. The molecule has 0 saturated heterocycles. The van der Waals surface area contributed by atoms with Crippen molar-refractivity contribution < 1.29 is 23.8 Å². The van der Waals surface area contributed by atoms with Gasteiger partial charge in [-0.05, 0) is 31.7 Å². The molecule has 134 valence electrons. The predicted octanol–water partition coefficient (Wildman–Crippen LogP) is 1.62. The summed E-state index contributed by atoms with van der Waals surface area (Å²) in [6.45, 7) is 5.11. The van der Waals surface area contributed by atoms with Crippen molar-refractivity contribution in [2.45, 2.75) is 30.9 Å². The third-order valence-electron chi connectivity index (χ3n) is 3.31. The van der Waals surface area contributed by atoms with E-state index in [2.05, 4.69) is 15.0 Å². The van der Waals surface area contributed by atoms with E-state index in [1.165, 1.54) is 21.1 Å². The quantitative estimate of drug-likeness (QED) is 0.436. The number of rotatable bonds is 4. The van der Waals surface area contributed by atoms with Crippen molar-refractivity contribution in [3.8, 4) is 0 Å². The highest BCUT2D eigenvalue weighted by Gasteiger charge is 2.59. The van der Waals surface area contributed by atoms with Crippen LogP contribution in [0, 0.1) is 19.8 Å². The lowest BCUT2D eigenvalue weighted by Gasteiger charge is -2.37. The minimum absolute atomic E-state index is 0.0297. The zero-order valence-electron chi connectivity index (χ0n) is 14.4. The van der Waals surface area contributed by atoms with Crippen molar-refractivity contribution in [1.82, 2.24) is 9.97 Å². The van der Waals surface area contributed by atoms with Crippen molar-refractivity contribution in [2.24, 2.45) is 10.9 Å². The third kappa shape index (κ3) is 3.79. The number of nitrogens with zero attached hydrogens (tertiary/aromatic N) is 3. The maximum absolute atomic E-state index is 12.6. The number of esters is 2. The fourth-order valence-corrected chi connectivity index (χ4v) is 4.13. The van der Waals surface area contributed by atoms with E-state index < -0.39 is 22.8 Å². The van der Waals surface area contributed by atoms with Crippen LogP contribution < -0.4 is 0 Å². The summed E-state index contributed by atoms with van der Waals surface area (Å²) in [4.78, 5) is 35.6. The molecule has 0 N–H and O–H groups in total. The fourth-order valence-electron chi connectivity index (χ4n) is 2.36. The van der Waals surface area contributed by atoms with Crippen LogP contribution in [-0.4, -0.2) is 51.9 Å². The second-order valence-corrected chi connectivity index (χ2v) is 6.82. The van der Waals surface area contributed by atoms with Crippen LogP contribution in [0.15, 0.2) is 16.2 Å². The van der Waals surface area contributed by atoms with Gasteiger partial charge in [0, 0.05) is 18.3 Å². The van der Waals surface area contributed by atoms with Crippen molar-refractivity contribution >= 4 is 46.8 Å². The van der Waals surface area contributed by atoms with Crippen LogP contribution >= 0.6 is 24.0 Å². The number of carbonyl (C=O) groups is 2. The van der Waals surface area contributed by atoms with Gasteiger partial charge in [0.25, 0.3) is 4.93 Å². The average molecular weight is 383 g/mol. The molecule has 8 nitrogen and oxygen atoms in total. The molecular formula is C15H17N3O5S2. The highest BCUT2D eigenvalue weighted by molar-refractivity contribution is 8.01. The Morgan fingerprint density at radius 1 is 1.20 bits per heavy atom. The smallest absolute Gasteiger partial charge is 0.363 e. The molecule has 1 aromatic rings. The van der Waals surface area contributed by atoms with Gasteiger partial charge in [-0.1, -0.05) is 12.2 Å². The van der Waals surface area contributed by atoms with E-state index in [1.54, 1.807) is 19.9 Å². The molecule has 2 atom stereocenters. The number of thiocarbonyl (C=S) groups is 1. The number of aliphatic imine (C=N–C) groups is 1. The molecule has 0 bridgehead atoms. The van der Waals surface area contributed by atoms with Gasteiger partial charge in [-0.25, -0.2) is 19.8 Å². The van der Waals surface area contributed by atoms with E-state index in [0.29, 0.717) is 11.4 Å². The first-order valence-corrected chi connectivity index (χ1v) is 8.41. The topological polar surface area (TPSA) is 100.0 Å². The Hall–Kier alpha value is -2.07. The maximum Gasteiger partial charge on any atom is 0.363 e. The van der Waals surface area contributed by atoms with Gasteiger partial charge < -0.3 is 14.2 Å². The number of aromatic nitrogens is 2. The molecule has 10 heteroatoms. The van der Waals surface area contributed by atoms with Gasteiger partial charge in [-0.2, -0.15) is 0 Å². The number of methoxy groups -OCH3 is 2. The van der Waals surface area contributed by atoms with Gasteiger partial charge in [0.2, 0.25) is 0 Å². The first kappa shape index (κ1) is 19.3. The SMILES string of the molecule is COC(=O)C1C(=S)N=C(C)OC1(Sc1nc(C)cc(C)n1)C(=O)OC. The van der Waals surface area contributed by atoms with Gasteiger partial charge in [-0.15, -0.1) is 0 Å².